The van der Waals surface area contributed by atoms with Crippen LogP contribution in [0.2, 0.25) is 0 Å². The summed E-state index contributed by atoms with van der Waals surface area (Å²) in [5.41, 5.74) is 3.30. The van der Waals surface area contributed by atoms with Crippen LogP contribution in [-0.2, 0) is 0 Å². The highest BCUT2D eigenvalue weighted by Crippen LogP contribution is 2.26. The lowest BCUT2D eigenvalue weighted by atomic mass is 9.99. The summed E-state index contributed by atoms with van der Waals surface area (Å²) in [4.78, 5) is 11.6. The van der Waals surface area contributed by atoms with Gasteiger partial charge in [0.15, 0.2) is 0 Å². The van der Waals surface area contributed by atoms with E-state index in [4.69, 9.17) is 0 Å². The quantitative estimate of drug-likeness (QED) is 0.850. The SMILES string of the molecule is Cc1cc(NC2CC2)nc(Nc2ccc(N3CCC(C)CC3)cc2)n1. The first-order valence-electron chi connectivity index (χ1n) is 9.40. The average Bonchev–Trinajstić information content (AvgIpc) is 3.40. The molecule has 4 rings (SSSR count). The van der Waals surface area contributed by atoms with E-state index < -0.39 is 0 Å². The van der Waals surface area contributed by atoms with Crippen molar-refractivity contribution >= 4 is 23.1 Å². The van der Waals surface area contributed by atoms with Gasteiger partial charge in [-0.1, -0.05) is 6.92 Å². The van der Waals surface area contributed by atoms with Crippen molar-refractivity contribution < 1.29 is 0 Å². The summed E-state index contributed by atoms with van der Waals surface area (Å²) in [6.07, 6.45) is 5.05. The van der Waals surface area contributed by atoms with Gasteiger partial charge >= 0.3 is 0 Å². The molecule has 0 amide bonds. The molecule has 2 aliphatic rings. The van der Waals surface area contributed by atoms with Crippen molar-refractivity contribution in [1.29, 1.82) is 0 Å². The molecule has 0 atom stereocenters. The van der Waals surface area contributed by atoms with Crippen LogP contribution in [0, 0.1) is 12.8 Å². The smallest absolute Gasteiger partial charge is 0.229 e. The first-order chi connectivity index (χ1) is 12.2. The Balaban J connectivity index is 1.43. The maximum absolute atomic E-state index is 4.59. The van der Waals surface area contributed by atoms with Gasteiger partial charge in [0.2, 0.25) is 5.95 Å². The van der Waals surface area contributed by atoms with Gasteiger partial charge in [-0.05, 0) is 62.8 Å². The molecule has 25 heavy (non-hydrogen) atoms. The van der Waals surface area contributed by atoms with Gasteiger partial charge in [0.05, 0.1) is 0 Å². The van der Waals surface area contributed by atoms with Crippen molar-refractivity contribution in [3.05, 3.63) is 36.0 Å². The third-order valence-corrected chi connectivity index (χ3v) is 5.06. The highest BCUT2D eigenvalue weighted by molar-refractivity contribution is 5.60. The molecule has 0 unspecified atom stereocenters. The molecular weight excluding hydrogens is 310 g/mol. The number of nitrogens with one attached hydrogen (secondary N) is 2. The van der Waals surface area contributed by atoms with Gasteiger partial charge in [-0.15, -0.1) is 0 Å². The zero-order chi connectivity index (χ0) is 17.2. The lowest BCUT2D eigenvalue weighted by Crippen LogP contribution is -2.32. The predicted octanol–water partition coefficient (Wildman–Crippen LogP) is 4.34. The highest BCUT2D eigenvalue weighted by Gasteiger charge is 2.21. The van der Waals surface area contributed by atoms with Crippen LogP contribution in [0.15, 0.2) is 30.3 Å². The Morgan fingerprint density at radius 2 is 1.72 bits per heavy atom. The van der Waals surface area contributed by atoms with E-state index in [1.165, 1.54) is 31.4 Å². The van der Waals surface area contributed by atoms with Crippen LogP contribution >= 0.6 is 0 Å². The first kappa shape index (κ1) is 16.2. The maximum atomic E-state index is 4.59. The number of hydrogen-bond donors (Lipinski definition) is 2. The van der Waals surface area contributed by atoms with Crippen molar-refractivity contribution in [2.75, 3.05) is 28.6 Å². The zero-order valence-electron chi connectivity index (χ0n) is 15.1. The van der Waals surface area contributed by atoms with E-state index in [9.17, 15) is 0 Å². The molecule has 0 spiro atoms. The van der Waals surface area contributed by atoms with Crippen molar-refractivity contribution in [1.82, 2.24) is 9.97 Å². The van der Waals surface area contributed by atoms with Crippen LogP contribution in [0.5, 0.6) is 0 Å². The Bertz CT molecular complexity index is 715. The minimum Gasteiger partial charge on any atom is -0.372 e. The van der Waals surface area contributed by atoms with E-state index in [2.05, 4.69) is 56.7 Å². The summed E-state index contributed by atoms with van der Waals surface area (Å²) >= 11 is 0. The molecule has 1 saturated carbocycles. The lowest BCUT2D eigenvalue weighted by Gasteiger charge is -2.32. The minimum atomic E-state index is 0.591. The molecule has 1 aliphatic carbocycles. The molecule has 132 valence electrons. The molecule has 1 aliphatic heterocycles. The van der Waals surface area contributed by atoms with Crippen LogP contribution in [0.25, 0.3) is 0 Å². The number of benzene rings is 1. The fraction of sp³-hybridized carbons (Fsp3) is 0.500. The normalized spacial score (nSPS) is 18.2. The molecule has 0 radical (unpaired) electrons. The fourth-order valence-electron chi connectivity index (χ4n) is 3.29. The van der Waals surface area contributed by atoms with Crippen LogP contribution in [-0.4, -0.2) is 29.1 Å². The standard InChI is InChI=1S/C20H27N5/c1-14-9-11-25(12-10-14)18-7-5-17(6-8-18)23-20-21-15(2)13-19(24-20)22-16-3-4-16/h5-8,13-14,16H,3-4,9-12H2,1-2H3,(H2,21,22,23,24). The van der Waals surface area contributed by atoms with Crippen LogP contribution in [0.3, 0.4) is 0 Å². The zero-order valence-corrected chi connectivity index (χ0v) is 15.1. The number of anilines is 4. The fourth-order valence-corrected chi connectivity index (χ4v) is 3.29. The van der Waals surface area contributed by atoms with E-state index in [-0.39, 0.29) is 0 Å². The largest absolute Gasteiger partial charge is 0.372 e. The molecule has 2 heterocycles. The third-order valence-electron chi connectivity index (χ3n) is 5.06. The molecular formula is C20H27N5. The van der Waals surface area contributed by atoms with Crippen molar-refractivity contribution in [2.24, 2.45) is 5.92 Å². The average molecular weight is 337 g/mol. The van der Waals surface area contributed by atoms with E-state index in [1.807, 2.05) is 13.0 Å². The topological polar surface area (TPSA) is 53.1 Å². The number of aromatic nitrogens is 2. The van der Waals surface area contributed by atoms with Gasteiger partial charge in [0.25, 0.3) is 0 Å². The van der Waals surface area contributed by atoms with E-state index in [1.54, 1.807) is 0 Å². The molecule has 0 bridgehead atoms. The van der Waals surface area contributed by atoms with Gasteiger partial charge in [0.1, 0.15) is 5.82 Å². The Morgan fingerprint density at radius 1 is 1.00 bits per heavy atom. The second-order valence-electron chi connectivity index (χ2n) is 7.48. The predicted molar refractivity (Wildman–Crippen MR) is 104 cm³/mol. The second-order valence-corrected chi connectivity index (χ2v) is 7.48. The number of hydrogen-bond acceptors (Lipinski definition) is 5. The number of aryl methyl sites for hydroxylation is 1. The number of rotatable bonds is 5. The molecule has 1 aromatic carbocycles. The monoisotopic (exact) mass is 337 g/mol. The summed E-state index contributed by atoms with van der Waals surface area (Å²) in [6, 6.07) is 11.2. The summed E-state index contributed by atoms with van der Waals surface area (Å²) in [5, 5.41) is 6.78. The van der Waals surface area contributed by atoms with Crippen molar-refractivity contribution in [2.45, 2.75) is 45.6 Å². The molecule has 1 aromatic heterocycles. The Hall–Kier alpha value is -2.30. The van der Waals surface area contributed by atoms with Gasteiger partial charge in [-0.25, -0.2) is 4.98 Å². The highest BCUT2D eigenvalue weighted by atomic mass is 15.2. The van der Waals surface area contributed by atoms with Crippen LogP contribution in [0.1, 0.15) is 38.3 Å². The second kappa shape index (κ2) is 6.90. The molecule has 2 aromatic rings. The molecule has 5 heteroatoms. The van der Waals surface area contributed by atoms with E-state index in [0.29, 0.717) is 12.0 Å². The number of nitrogens with zero attached hydrogens (tertiary/aromatic N) is 3. The van der Waals surface area contributed by atoms with Crippen LogP contribution < -0.4 is 15.5 Å². The summed E-state index contributed by atoms with van der Waals surface area (Å²) in [7, 11) is 0. The minimum absolute atomic E-state index is 0.591. The molecule has 2 fully saturated rings. The lowest BCUT2D eigenvalue weighted by molar-refractivity contribution is 0.438. The summed E-state index contributed by atoms with van der Waals surface area (Å²) < 4.78 is 0. The molecule has 2 N–H and O–H groups in total. The maximum Gasteiger partial charge on any atom is 0.229 e. The van der Waals surface area contributed by atoms with Gasteiger partial charge in [0, 0.05) is 42.3 Å². The number of piperidine rings is 1. The van der Waals surface area contributed by atoms with Crippen LogP contribution in [0.4, 0.5) is 23.1 Å². The van der Waals surface area contributed by atoms with E-state index in [0.717, 1.165) is 36.2 Å². The van der Waals surface area contributed by atoms with Crippen molar-refractivity contribution in [3.63, 3.8) is 0 Å². The van der Waals surface area contributed by atoms with Gasteiger partial charge < -0.3 is 15.5 Å². The van der Waals surface area contributed by atoms with Crippen molar-refractivity contribution in [3.8, 4) is 0 Å². The molecule has 1 saturated heterocycles. The van der Waals surface area contributed by atoms with E-state index >= 15 is 0 Å². The van der Waals surface area contributed by atoms with Gasteiger partial charge in [-0.2, -0.15) is 4.98 Å². The summed E-state index contributed by atoms with van der Waals surface area (Å²) in [5.74, 6) is 2.42. The first-order valence-corrected chi connectivity index (χ1v) is 9.40. The Kier molecular flexibility index (Phi) is 4.47. The summed E-state index contributed by atoms with van der Waals surface area (Å²) in [6.45, 7) is 6.67. The Labute approximate surface area is 149 Å². The molecule has 5 nitrogen and oxygen atoms in total. The Morgan fingerprint density at radius 3 is 2.40 bits per heavy atom. The third kappa shape index (κ3) is 4.21. The van der Waals surface area contributed by atoms with Gasteiger partial charge in [-0.3, -0.25) is 0 Å².